The molecule has 0 saturated heterocycles. The van der Waals surface area contributed by atoms with E-state index in [2.05, 4.69) is 5.32 Å². The van der Waals surface area contributed by atoms with Gasteiger partial charge in [-0.15, -0.1) is 0 Å². The maximum Gasteiger partial charge on any atom is 0.307 e. The van der Waals surface area contributed by atoms with Gasteiger partial charge in [0.05, 0.1) is 25.0 Å². The van der Waals surface area contributed by atoms with E-state index in [0.717, 1.165) is 0 Å². The number of methoxy groups -OCH3 is 1. The molecule has 23 heavy (non-hydrogen) atoms. The lowest BCUT2D eigenvalue weighted by Crippen LogP contribution is -2.18. The van der Waals surface area contributed by atoms with Gasteiger partial charge in [-0.3, -0.25) is 9.59 Å². The van der Waals surface area contributed by atoms with E-state index >= 15 is 0 Å². The average molecular weight is 321 g/mol. The molecule has 1 saturated carbocycles. The van der Waals surface area contributed by atoms with Crippen molar-refractivity contribution < 1.29 is 24.2 Å². The maximum absolute atomic E-state index is 12.3. The Hall–Kier alpha value is -2.24. The van der Waals surface area contributed by atoms with E-state index in [1.54, 1.807) is 39.2 Å². The Morgan fingerprint density at radius 1 is 1.22 bits per heavy atom. The SMILES string of the molecule is COc1ccc(NC(=O)[C@@H]2[C@H](C(=O)O)C2(C)C)cc1OC(C)C. The van der Waals surface area contributed by atoms with Crippen molar-refractivity contribution in [1.29, 1.82) is 0 Å². The predicted molar refractivity (Wildman–Crippen MR) is 85.8 cm³/mol. The van der Waals surface area contributed by atoms with Gasteiger partial charge in [-0.2, -0.15) is 0 Å². The van der Waals surface area contributed by atoms with Crippen molar-refractivity contribution in [3.8, 4) is 11.5 Å². The third kappa shape index (κ3) is 3.41. The molecule has 6 nitrogen and oxygen atoms in total. The summed E-state index contributed by atoms with van der Waals surface area (Å²) in [5, 5.41) is 11.9. The summed E-state index contributed by atoms with van der Waals surface area (Å²) in [6.07, 6.45) is -0.0337. The second kappa shape index (κ2) is 6.10. The number of benzene rings is 1. The maximum atomic E-state index is 12.3. The zero-order valence-electron chi connectivity index (χ0n) is 14.0. The molecule has 6 heteroatoms. The number of carboxylic acid groups (broad SMARTS) is 1. The average Bonchev–Trinajstić information content (AvgIpc) is 3.01. The van der Waals surface area contributed by atoms with Crippen LogP contribution in [0.25, 0.3) is 0 Å². The van der Waals surface area contributed by atoms with Gasteiger partial charge >= 0.3 is 5.97 Å². The van der Waals surface area contributed by atoms with Crippen LogP contribution in [0.3, 0.4) is 0 Å². The molecular formula is C17H23NO5. The summed E-state index contributed by atoms with van der Waals surface area (Å²) in [7, 11) is 1.55. The number of ether oxygens (including phenoxy) is 2. The van der Waals surface area contributed by atoms with Crippen LogP contribution in [0.2, 0.25) is 0 Å². The minimum absolute atomic E-state index is 0.0337. The zero-order chi connectivity index (χ0) is 17.4. The first-order chi connectivity index (χ1) is 10.7. The van der Waals surface area contributed by atoms with Gasteiger partial charge in [0.25, 0.3) is 0 Å². The number of hydrogen-bond acceptors (Lipinski definition) is 4. The first-order valence-corrected chi connectivity index (χ1v) is 7.56. The van der Waals surface area contributed by atoms with Crippen LogP contribution in [-0.4, -0.2) is 30.2 Å². The van der Waals surface area contributed by atoms with Crippen LogP contribution in [-0.2, 0) is 9.59 Å². The second-order valence-electron chi connectivity index (χ2n) is 6.64. The molecule has 0 bridgehead atoms. The summed E-state index contributed by atoms with van der Waals surface area (Å²) in [5.41, 5.74) is 0.0258. The number of nitrogens with one attached hydrogen (secondary N) is 1. The van der Waals surface area contributed by atoms with Crippen molar-refractivity contribution in [2.45, 2.75) is 33.8 Å². The number of aliphatic carboxylic acids is 1. The molecule has 2 N–H and O–H groups in total. The van der Waals surface area contributed by atoms with E-state index in [1.165, 1.54) is 0 Å². The number of hydrogen-bond donors (Lipinski definition) is 2. The Bertz CT molecular complexity index is 623. The molecule has 0 aromatic heterocycles. The normalized spacial score (nSPS) is 21.7. The van der Waals surface area contributed by atoms with E-state index < -0.39 is 23.2 Å². The molecule has 2 atom stereocenters. The Kier molecular flexibility index (Phi) is 4.54. The molecule has 2 rings (SSSR count). The predicted octanol–water partition coefficient (Wildman–Crippen LogP) is 2.78. The molecule has 1 fully saturated rings. The molecule has 1 amide bonds. The Balaban J connectivity index is 2.14. The van der Waals surface area contributed by atoms with Crippen molar-refractivity contribution in [1.82, 2.24) is 0 Å². The number of anilines is 1. The minimum atomic E-state index is -0.936. The van der Waals surface area contributed by atoms with Crippen molar-refractivity contribution >= 4 is 17.6 Å². The lowest BCUT2D eigenvalue weighted by Gasteiger charge is -2.15. The number of amides is 1. The highest BCUT2D eigenvalue weighted by Gasteiger charge is 2.65. The van der Waals surface area contributed by atoms with Gasteiger partial charge in [-0.1, -0.05) is 13.8 Å². The molecule has 0 spiro atoms. The largest absolute Gasteiger partial charge is 0.493 e. The zero-order valence-corrected chi connectivity index (χ0v) is 14.0. The summed E-state index contributed by atoms with van der Waals surface area (Å²) >= 11 is 0. The minimum Gasteiger partial charge on any atom is -0.493 e. The fraction of sp³-hybridized carbons (Fsp3) is 0.529. The summed E-state index contributed by atoms with van der Waals surface area (Å²) in [4.78, 5) is 23.5. The highest BCUT2D eigenvalue weighted by Crippen LogP contribution is 2.58. The van der Waals surface area contributed by atoms with E-state index in [9.17, 15) is 9.59 Å². The van der Waals surface area contributed by atoms with Gasteiger partial charge in [0.15, 0.2) is 11.5 Å². The Labute approximate surface area is 135 Å². The number of rotatable bonds is 6. The summed E-state index contributed by atoms with van der Waals surface area (Å²) in [5.74, 6) is -1.29. The molecule has 1 aliphatic carbocycles. The summed E-state index contributed by atoms with van der Waals surface area (Å²) in [6.45, 7) is 7.37. The first kappa shape index (κ1) is 17.1. The fourth-order valence-electron chi connectivity index (χ4n) is 2.91. The topological polar surface area (TPSA) is 84.9 Å². The summed E-state index contributed by atoms with van der Waals surface area (Å²) < 4.78 is 10.9. The molecule has 0 unspecified atom stereocenters. The van der Waals surface area contributed by atoms with Crippen LogP contribution >= 0.6 is 0 Å². The monoisotopic (exact) mass is 321 g/mol. The third-order valence-corrected chi connectivity index (χ3v) is 4.17. The van der Waals surface area contributed by atoms with Crippen LogP contribution in [0.15, 0.2) is 18.2 Å². The lowest BCUT2D eigenvalue weighted by molar-refractivity contribution is -0.140. The molecule has 1 aromatic rings. The highest BCUT2D eigenvalue weighted by atomic mass is 16.5. The van der Waals surface area contributed by atoms with Crippen LogP contribution < -0.4 is 14.8 Å². The molecule has 1 aliphatic rings. The van der Waals surface area contributed by atoms with Gasteiger partial charge in [-0.05, 0) is 31.4 Å². The fourth-order valence-corrected chi connectivity index (χ4v) is 2.91. The quantitative estimate of drug-likeness (QED) is 0.841. The molecule has 126 valence electrons. The lowest BCUT2D eigenvalue weighted by atomic mass is 10.1. The van der Waals surface area contributed by atoms with E-state index in [-0.39, 0.29) is 12.0 Å². The number of carboxylic acids is 1. The smallest absolute Gasteiger partial charge is 0.307 e. The molecular weight excluding hydrogens is 298 g/mol. The van der Waals surface area contributed by atoms with Crippen molar-refractivity contribution in [3.05, 3.63) is 18.2 Å². The van der Waals surface area contributed by atoms with Crippen LogP contribution in [0.4, 0.5) is 5.69 Å². The number of carbonyl (C=O) groups is 2. The highest BCUT2D eigenvalue weighted by molar-refractivity contribution is 5.99. The van der Waals surface area contributed by atoms with Crippen molar-refractivity contribution in [3.63, 3.8) is 0 Å². The molecule has 0 radical (unpaired) electrons. The third-order valence-electron chi connectivity index (χ3n) is 4.17. The van der Waals surface area contributed by atoms with Crippen molar-refractivity contribution in [2.24, 2.45) is 17.3 Å². The van der Waals surface area contributed by atoms with E-state index in [4.69, 9.17) is 14.6 Å². The van der Waals surface area contributed by atoms with Crippen LogP contribution in [0.5, 0.6) is 11.5 Å². The summed E-state index contributed by atoms with van der Waals surface area (Å²) in [6, 6.07) is 5.09. The standard InChI is InChI=1S/C17H23NO5/c1-9(2)23-12-8-10(6-7-11(12)22-5)18-15(19)13-14(16(20)21)17(13,3)4/h6-9,13-14H,1-5H3,(H,18,19)(H,20,21)/t13-,14+/m0/s1. The molecule has 1 aromatic carbocycles. The Morgan fingerprint density at radius 2 is 1.87 bits per heavy atom. The molecule has 0 heterocycles. The van der Waals surface area contributed by atoms with E-state index in [0.29, 0.717) is 17.2 Å². The van der Waals surface area contributed by atoms with E-state index in [1.807, 2.05) is 13.8 Å². The second-order valence-corrected chi connectivity index (χ2v) is 6.64. The van der Waals surface area contributed by atoms with Crippen molar-refractivity contribution in [2.75, 3.05) is 12.4 Å². The molecule has 0 aliphatic heterocycles. The van der Waals surface area contributed by atoms with Gasteiger partial charge in [0.1, 0.15) is 0 Å². The van der Waals surface area contributed by atoms with Gasteiger partial charge in [-0.25, -0.2) is 0 Å². The van der Waals surface area contributed by atoms with Gasteiger partial charge < -0.3 is 19.9 Å². The van der Waals surface area contributed by atoms with Crippen LogP contribution in [0, 0.1) is 17.3 Å². The number of carbonyl (C=O) groups excluding carboxylic acids is 1. The van der Waals surface area contributed by atoms with Gasteiger partial charge in [0, 0.05) is 11.8 Å². The van der Waals surface area contributed by atoms with Crippen LogP contribution in [0.1, 0.15) is 27.7 Å². The Morgan fingerprint density at radius 3 is 2.35 bits per heavy atom. The first-order valence-electron chi connectivity index (χ1n) is 7.56. The van der Waals surface area contributed by atoms with Gasteiger partial charge in [0.2, 0.25) is 5.91 Å².